The number of hydrogen-bond donors (Lipinski definition) is 1. The van der Waals surface area contributed by atoms with E-state index in [0.717, 1.165) is 51.4 Å². The van der Waals surface area contributed by atoms with Crippen LogP contribution in [-0.2, 0) is 24.1 Å². The number of Topliss-reactive ketones (excluding diaryl/α,β-unsaturated/α-hetero) is 1. The molecule has 140 valence electrons. The maximum Gasteiger partial charge on any atom is 0.202 e. The van der Waals surface area contributed by atoms with Crippen molar-refractivity contribution in [2.75, 3.05) is 0 Å². The second kappa shape index (κ2) is 9.96. The van der Waals surface area contributed by atoms with Gasteiger partial charge in [0, 0.05) is 12.1 Å². The lowest BCUT2D eigenvalue weighted by molar-refractivity contribution is -0.117. The van der Waals surface area contributed by atoms with Crippen molar-refractivity contribution in [3.8, 4) is 0 Å². The van der Waals surface area contributed by atoms with Gasteiger partial charge < -0.3 is 0 Å². The van der Waals surface area contributed by atoms with Crippen LogP contribution in [0.4, 0.5) is 0 Å². The molecule has 0 amide bonds. The van der Waals surface area contributed by atoms with E-state index >= 15 is 0 Å². The number of carbonyl (C=O) groups is 1. The molecule has 3 rings (SSSR count). The van der Waals surface area contributed by atoms with Crippen LogP contribution in [0.3, 0.4) is 0 Å². The molecule has 27 heavy (non-hydrogen) atoms. The van der Waals surface area contributed by atoms with Crippen molar-refractivity contribution in [2.24, 2.45) is 10.9 Å². The predicted molar refractivity (Wildman–Crippen MR) is 112 cm³/mol. The van der Waals surface area contributed by atoms with Gasteiger partial charge in [-0.15, -0.1) is 0 Å². The van der Waals surface area contributed by atoms with E-state index in [-0.39, 0.29) is 17.5 Å². The van der Waals surface area contributed by atoms with E-state index in [1.165, 1.54) is 16.7 Å². The lowest BCUT2D eigenvalue weighted by atomic mass is 9.85. The van der Waals surface area contributed by atoms with Crippen LogP contribution < -0.4 is 0 Å². The number of nitrogens with zero attached hydrogens (tertiary/aromatic N) is 1. The van der Waals surface area contributed by atoms with Gasteiger partial charge in [0.15, 0.2) is 5.84 Å². The quantitative estimate of drug-likeness (QED) is 0.429. The summed E-state index contributed by atoms with van der Waals surface area (Å²) >= 11 is 0. The highest BCUT2D eigenvalue weighted by atomic mass is 16.1. The summed E-state index contributed by atoms with van der Waals surface area (Å²) in [5.41, 5.74) is 4.08. The summed E-state index contributed by atoms with van der Waals surface area (Å²) < 4.78 is 0. The van der Waals surface area contributed by atoms with E-state index in [9.17, 15) is 4.79 Å². The Balaban J connectivity index is 1.46. The monoisotopic (exact) mass is 360 g/mol. The molecule has 1 aliphatic carbocycles. The highest BCUT2D eigenvalue weighted by Gasteiger charge is 2.23. The first-order chi connectivity index (χ1) is 13.2. The molecular formula is C24H28N2O. The van der Waals surface area contributed by atoms with E-state index in [1.54, 1.807) is 6.21 Å². The molecule has 0 heterocycles. The maximum absolute atomic E-state index is 12.6. The van der Waals surface area contributed by atoms with Crippen LogP contribution in [0.1, 0.15) is 48.8 Å². The van der Waals surface area contributed by atoms with Crippen LogP contribution in [0.2, 0.25) is 0 Å². The molecule has 0 saturated carbocycles. The summed E-state index contributed by atoms with van der Waals surface area (Å²) in [5.74, 6) is -0.227. The minimum absolute atomic E-state index is 0.0627. The Kier molecular flexibility index (Phi) is 7.09. The van der Waals surface area contributed by atoms with Gasteiger partial charge in [-0.1, -0.05) is 54.6 Å². The van der Waals surface area contributed by atoms with Crippen molar-refractivity contribution in [1.82, 2.24) is 0 Å². The van der Waals surface area contributed by atoms with Gasteiger partial charge in [-0.3, -0.25) is 10.2 Å². The average Bonchev–Trinajstić information content (AvgIpc) is 2.68. The molecule has 0 fully saturated rings. The normalized spacial score (nSPS) is 17.1. The molecule has 2 aromatic rings. The first kappa shape index (κ1) is 19.2. The first-order valence-corrected chi connectivity index (χ1v) is 10.00. The fourth-order valence-corrected chi connectivity index (χ4v) is 3.78. The van der Waals surface area contributed by atoms with Crippen molar-refractivity contribution >= 4 is 17.8 Å². The number of fused-ring (bicyclic) bond motifs is 1. The van der Waals surface area contributed by atoms with Crippen LogP contribution >= 0.6 is 0 Å². The maximum atomic E-state index is 12.6. The summed E-state index contributed by atoms with van der Waals surface area (Å²) in [6.45, 7) is 0. The van der Waals surface area contributed by atoms with Crippen LogP contribution in [0.15, 0.2) is 59.6 Å². The van der Waals surface area contributed by atoms with E-state index in [1.807, 2.05) is 18.2 Å². The summed E-state index contributed by atoms with van der Waals surface area (Å²) in [6, 6.07) is 18.9. The van der Waals surface area contributed by atoms with Crippen molar-refractivity contribution in [3.05, 3.63) is 71.3 Å². The van der Waals surface area contributed by atoms with Gasteiger partial charge in [-0.25, -0.2) is 4.99 Å². The van der Waals surface area contributed by atoms with Crippen molar-refractivity contribution in [3.63, 3.8) is 0 Å². The third kappa shape index (κ3) is 5.72. The summed E-state index contributed by atoms with van der Waals surface area (Å²) in [6.07, 6.45) is 9.13. The van der Waals surface area contributed by atoms with Gasteiger partial charge in [-0.05, 0) is 68.1 Å². The van der Waals surface area contributed by atoms with Crippen molar-refractivity contribution < 1.29 is 4.79 Å². The highest BCUT2D eigenvalue weighted by molar-refractivity contribution is 6.39. The number of amidine groups is 1. The molecule has 0 radical (unpaired) electrons. The Bertz CT molecular complexity index is 795. The standard InChI is InChI=1S/C24H28N2O/c25-24(26-18-7-6-11-19-9-2-1-3-10-19)23(27)22-15-8-14-20-12-4-5-13-21(20)16-17-22/h1-5,9-10,12-13,18,22,25H,6-8,11,14-17H2/b25-24?,26-18+. The number of benzene rings is 2. The number of rotatable bonds is 6. The Labute approximate surface area is 162 Å². The van der Waals surface area contributed by atoms with E-state index in [4.69, 9.17) is 5.41 Å². The fourth-order valence-electron chi connectivity index (χ4n) is 3.78. The molecule has 0 aliphatic heterocycles. The number of hydrogen-bond acceptors (Lipinski definition) is 2. The first-order valence-electron chi connectivity index (χ1n) is 10.00. The average molecular weight is 361 g/mol. The summed E-state index contributed by atoms with van der Waals surface area (Å²) in [4.78, 5) is 16.8. The third-order valence-corrected chi connectivity index (χ3v) is 5.35. The smallest absolute Gasteiger partial charge is 0.202 e. The van der Waals surface area contributed by atoms with Gasteiger partial charge in [-0.2, -0.15) is 0 Å². The predicted octanol–water partition coefficient (Wildman–Crippen LogP) is 5.21. The Morgan fingerprint density at radius 3 is 2.48 bits per heavy atom. The molecule has 0 saturated heterocycles. The zero-order valence-electron chi connectivity index (χ0n) is 15.9. The summed E-state index contributed by atoms with van der Waals surface area (Å²) in [5, 5.41) is 8.05. The molecule has 1 unspecified atom stereocenters. The van der Waals surface area contributed by atoms with Crippen LogP contribution in [0.5, 0.6) is 0 Å². The van der Waals surface area contributed by atoms with Gasteiger partial charge in [0.2, 0.25) is 5.78 Å². The molecule has 2 aromatic carbocycles. The molecule has 3 nitrogen and oxygen atoms in total. The third-order valence-electron chi connectivity index (χ3n) is 5.35. The molecular weight excluding hydrogens is 332 g/mol. The lowest BCUT2D eigenvalue weighted by Crippen LogP contribution is -2.24. The second-order valence-corrected chi connectivity index (χ2v) is 7.30. The molecule has 1 atom stereocenters. The van der Waals surface area contributed by atoms with Gasteiger partial charge in [0.05, 0.1) is 0 Å². The van der Waals surface area contributed by atoms with Crippen molar-refractivity contribution in [1.29, 1.82) is 5.41 Å². The van der Waals surface area contributed by atoms with E-state index in [0.29, 0.717) is 0 Å². The van der Waals surface area contributed by atoms with Gasteiger partial charge >= 0.3 is 0 Å². The molecule has 0 spiro atoms. The number of nitrogens with one attached hydrogen (secondary N) is 1. The molecule has 0 bridgehead atoms. The zero-order chi connectivity index (χ0) is 18.9. The number of unbranched alkanes of at least 4 members (excludes halogenated alkanes) is 1. The number of aliphatic imine (C=N–C) groups is 1. The lowest BCUT2D eigenvalue weighted by Gasteiger charge is -2.20. The van der Waals surface area contributed by atoms with Gasteiger partial charge in [0.25, 0.3) is 0 Å². The molecule has 0 aromatic heterocycles. The minimum atomic E-state index is -0.0892. The number of ketones is 1. The van der Waals surface area contributed by atoms with E-state index < -0.39 is 0 Å². The molecule has 3 heteroatoms. The zero-order valence-corrected chi connectivity index (χ0v) is 15.9. The topological polar surface area (TPSA) is 53.3 Å². The van der Waals surface area contributed by atoms with E-state index in [2.05, 4.69) is 41.4 Å². The second-order valence-electron chi connectivity index (χ2n) is 7.30. The number of carbonyl (C=O) groups excluding carboxylic acids is 1. The Hall–Kier alpha value is -2.55. The van der Waals surface area contributed by atoms with Crippen LogP contribution in [0, 0.1) is 11.3 Å². The molecule has 1 N–H and O–H groups in total. The highest BCUT2D eigenvalue weighted by Crippen LogP contribution is 2.24. The van der Waals surface area contributed by atoms with Crippen LogP contribution in [0.25, 0.3) is 0 Å². The Morgan fingerprint density at radius 1 is 1.00 bits per heavy atom. The molecule has 1 aliphatic rings. The summed E-state index contributed by atoms with van der Waals surface area (Å²) in [7, 11) is 0. The van der Waals surface area contributed by atoms with Crippen LogP contribution in [-0.4, -0.2) is 17.8 Å². The number of aryl methyl sites for hydroxylation is 3. The largest absolute Gasteiger partial charge is 0.290 e. The Morgan fingerprint density at radius 2 is 1.70 bits per heavy atom. The van der Waals surface area contributed by atoms with Gasteiger partial charge in [0.1, 0.15) is 0 Å². The van der Waals surface area contributed by atoms with Crippen molar-refractivity contribution in [2.45, 2.75) is 51.4 Å². The SMILES string of the molecule is N=C(/N=C/CCCc1ccccc1)C(=O)C1CCCc2ccccc2CC1. The minimum Gasteiger partial charge on any atom is -0.290 e. The fraction of sp³-hybridized carbons (Fsp3) is 0.375.